The van der Waals surface area contributed by atoms with Crippen molar-refractivity contribution in [2.24, 2.45) is 5.92 Å². The van der Waals surface area contributed by atoms with Crippen LogP contribution in [0.15, 0.2) is 17.1 Å². The topological polar surface area (TPSA) is 110 Å². The molecule has 3 aliphatic rings. The maximum absolute atomic E-state index is 16.0. The number of benzene rings is 1. The number of carbonyl (C=O) groups is 2. The summed E-state index contributed by atoms with van der Waals surface area (Å²) in [7, 11) is 0. The smallest absolute Gasteiger partial charge is 0.407 e. The fourth-order valence-corrected chi connectivity index (χ4v) is 5.40. The molecule has 0 radical (unpaired) electrons. The minimum Gasteiger partial charge on any atom is -0.477 e. The minimum absolute atomic E-state index is 0.0300. The number of carboxylic acids is 1. The van der Waals surface area contributed by atoms with Gasteiger partial charge in [-0.25, -0.2) is 22.8 Å². The highest BCUT2D eigenvalue weighted by Gasteiger charge is 2.52. The summed E-state index contributed by atoms with van der Waals surface area (Å²) in [6.07, 6.45) is -0.400. The molecule has 1 saturated carbocycles. The molecule has 0 bridgehead atoms. The van der Waals surface area contributed by atoms with Crippen LogP contribution in [-0.2, 0) is 9.47 Å². The third-order valence-electron chi connectivity index (χ3n) is 7.20. The highest BCUT2D eigenvalue weighted by atomic mass is 19.1. The largest absolute Gasteiger partial charge is 0.477 e. The third kappa shape index (κ3) is 4.41. The van der Waals surface area contributed by atoms with Crippen molar-refractivity contribution in [3.8, 4) is 0 Å². The molecule has 5 rings (SSSR count). The van der Waals surface area contributed by atoms with Crippen LogP contribution in [0.25, 0.3) is 10.9 Å². The number of carboxylic acid groups (broad SMARTS) is 1. The van der Waals surface area contributed by atoms with Gasteiger partial charge in [-0.15, -0.1) is 0 Å². The van der Waals surface area contributed by atoms with Gasteiger partial charge in [0.05, 0.1) is 23.5 Å². The molecule has 2 saturated heterocycles. The van der Waals surface area contributed by atoms with Crippen LogP contribution < -0.4 is 15.6 Å². The van der Waals surface area contributed by atoms with E-state index < -0.39 is 69.2 Å². The number of aromatic carboxylic acids is 1. The number of carbonyl (C=O) groups excluding carboxylic acids is 1. The van der Waals surface area contributed by atoms with E-state index in [1.54, 1.807) is 20.8 Å². The highest BCUT2D eigenvalue weighted by molar-refractivity contribution is 5.94. The van der Waals surface area contributed by atoms with Gasteiger partial charge in [0.25, 0.3) is 0 Å². The number of nitrogens with one attached hydrogen (secondary N) is 1. The first-order valence-electron chi connectivity index (χ1n) is 12.1. The van der Waals surface area contributed by atoms with Gasteiger partial charge in [0.15, 0.2) is 5.82 Å². The molecule has 2 N–H and O–H groups in total. The van der Waals surface area contributed by atoms with E-state index in [1.807, 2.05) is 0 Å². The fraction of sp³-hybridized carbons (Fsp3) is 0.560. The van der Waals surface area contributed by atoms with Crippen LogP contribution in [0, 0.1) is 17.6 Å². The molecule has 37 heavy (non-hydrogen) atoms. The van der Waals surface area contributed by atoms with E-state index in [4.69, 9.17) is 9.47 Å². The molecule has 4 atom stereocenters. The minimum atomic E-state index is -1.56. The summed E-state index contributed by atoms with van der Waals surface area (Å²) in [6, 6.07) is -0.0328. The van der Waals surface area contributed by atoms with Crippen molar-refractivity contribution in [3.05, 3.63) is 39.7 Å². The van der Waals surface area contributed by atoms with E-state index in [0.717, 1.165) is 16.8 Å². The lowest BCUT2D eigenvalue weighted by atomic mass is 9.91. The van der Waals surface area contributed by atoms with E-state index in [1.165, 1.54) is 4.90 Å². The Kier molecular flexibility index (Phi) is 5.93. The number of amides is 1. The Morgan fingerprint density at radius 3 is 2.65 bits per heavy atom. The first-order chi connectivity index (χ1) is 17.3. The zero-order chi connectivity index (χ0) is 26.9. The quantitative estimate of drug-likeness (QED) is 0.618. The molecule has 1 aromatic carbocycles. The monoisotopic (exact) mass is 523 g/mol. The van der Waals surface area contributed by atoms with Gasteiger partial charge >= 0.3 is 12.1 Å². The van der Waals surface area contributed by atoms with Crippen LogP contribution >= 0.6 is 0 Å². The van der Waals surface area contributed by atoms with E-state index >= 15 is 8.78 Å². The highest BCUT2D eigenvalue weighted by Crippen LogP contribution is 2.45. The lowest BCUT2D eigenvalue weighted by Crippen LogP contribution is -2.49. The Bertz CT molecular complexity index is 1360. The maximum atomic E-state index is 16.0. The van der Waals surface area contributed by atoms with Gasteiger partial charge in [0.1, 0.15) is 34.4 Å². The summed E-state index contributed by atoms with van der Waals surface area (Å²) >= 11 is 0. The zero-order valence-electron chi connectivity index (χ0n) is 20.6. The lowest BCUT2D eigenvalue weighted by Gasteiger charge is -2.30. The molecule has 2 aromatic rings. The zero-order valence-corrected chi connectivity index (χ0v) is 20.6. The Hall–Kier alpha value is -3.28. The maximum Gasteiger partial charge on any atom is 0.407 e. The van der Waals surface area contributed by atoms with E-state index in [0.29, 0.717) is 13.0 Å². The third-order valence-corrected chi connectivity index (χ3v) is 7.20. The number of pyridine rings is 1. The molecular formula is C25H28F3N3O6. The molecule has 1 aliphatic carbocycles. The fourth-order valence-electron chi connectivity index (χ4n) is 5.40. The summed E-state index contributed by atoms with van der Waals surface area (Å²) in [5.41, 5.74) is -4.08. The molecule has 2 aliphatic heterocycles. The lowest BCUT2D eigenvalue weighted by molar-refractivity contribution is -0.000290. The van der Waals surface area contributed by atoms with Crippen LogP contribution in [0.4, 0.5) is 23.7 Å². The summed E-state index contributed by atoms with van der Waals surface area (Å²) in [4.78, 5) is 38.0. The van der Waals surface area contributed by atoms with Gasteiger partial charge < -0.3 is 29.4 Å². The number of hydrogen-bond donors (Lipinski definition) is 2. The Balaban J connectivity index is 1.52. The van der Waals surface area contributed by atoms with Crippen molar-refractivity contribution in [2.45, 2.75) is 57.0 Å². The average Bonchev–Trinajstić information content (AvgIpc) is 3.22. The Morgan fingerprint density at radius 1 is 1.32 bits per heavy atom. The molecule has 0 spiro atoms. The van der Waals surface area contributed by atoms with Gasteiger partial charge in [-0.3, -0.25) is 4.79 Å². The van der Waals surface area contributed by atoms with Gasteiger partial charge in [-0.05, 0) is 33.3 Å². The van der Waals surface area contributed by atoms with Gasteiger partial charge in [-0.1, -0.05) is 0 Å². The van der Waals surface area contributed by atoms with E-state index in [2.05, 4.69) is 5.32 Å². The van der Waals surface area contributed by atoms with Gasteiger partial charge in [0.2, 0.25) is 5.43 Å². The molecule has 9 nitrogen and oxygen atoms in total. The molecule has 2 unspecified atom stereocenters. The average molecular weight is 524 g/mol. The first kappa shape index (κ1) is 25.4. The molecule has 3 fully saturated rings. The number of alkyl halides is 1. The van der Waals surface area contributed by atoms with Crippen LogP contribution in [0.2, 0.25) is 0 Å². The second kappa shape index (κ2) is 8.64. The second-order valence-corrected chi connectivity index (χ2v) is 11.0. The standard InChI is InChI=1S/C25H28F3N3O6/c1-24(2,3)37-23(35)29-10-25-11-30(8-12(25)4-5-36-25)20-16(27)6-13-19(18(20)28)31(17-7-15(17)26)9-14(21(13)32)22(33)34/h6,9,12,15,17H,4-5,7-8,10-11H2,1-3H3,(H,29,35)(H,33,34)/t12?,15-,17+,25?/m0/s1. The van der Waals surface area contributed by atoms with Crippen LogP contribution in [0.5, 0.6) is 0 Å². The molecule has 1 amide bonds. The number of aromatic nitrogens is 1. The van der Waals surface area contributed by atoms with Crippen LogP contribution in [-0.4, -0.2) is 65.4 Å². The number of anilines is 1. The Morgan fingerprint density at radius 2 is 2.03 bits per heavy atom. The SMILES string of the molecule is CC(C)(C)OC(=O)NCC12CN(c3c(F)cc4c(=O)c(C(=O)O)cn([C@@H]5C[C@@H]5F)c4c3F)CC1CCO2. The molecule has 12 heteroatoms. The van der Waals surface area contributed by atoms with Crippen molar-refractivity contribution >= 4 is 28.7 Å². The number of fused-ring (bicyclic) bond motifs is 2. The molecule has 1 aromatic heterocycles. The Labute approximate surface area is 210 Å². The van der Waals surface area contributed by atoms with Crippen molar-refractivity contribution < 1.29 is 37.3 Å². The van der Waals surface area contributed by atoms with Gasteiger partial charge in [0, 0.05) is 38.2 Å². The molecule has 3 heterocycles. The van der Waals surface area contributed by atoms with E-state index in [9.17, 15) is 23.9 Å². The predicted octanol–water partition coefficient (Wildman–Crippen LogP) is 3.38. The van der Waals surface area contributed by atoms with Crippen molar-refractivity contribution in [2.75, 3.05) is 31.1 Å². The number of nitrogens with zero attached hydrogens (tertiary/aromatic N) is 2. The number of hydrogen-bond acceptors (Lipinski definition) is 6. The molecular weight excluding hydrogens is 495 g/mol. The van der Waals surface area contributed by atoms with Crippen molar-refractivity contribution in [1.29, 1.82) is 0 Å². The summed E-state index contributed by atoms with van der Waals surface area (Å²) in [5.74, 6) is -3.82. The number of alkyl carbamates (subject to hydrolysis) is 1. The summed E-state index contributed by atoms with van der Waals surface area (Å²) in [6.45, 7) is 5.96. The number of ether oxygens (including phenoxy) is 2. The van der Waals surface area contributed by atoms with E-state index in [-0.39, 0.29) is 37.5 Å². The summed E-state index contributed by atoms with van der Waals surface area (Å²) < 4.78 is 57.8. The van der Waals surface area contributed by atoms with Crippen LogP contribution in [0.3, 0.4) is 0 Å². The van der Waals surface area contributed by atoms with Crippen molar-refractivity contribution in [1.82, 2.24) is 9.88 Å². The van der Waals surface area contributed by atoms with Crippen molar-refractivity contribution in [3.63, 3.8) is 0 Å². The first-order valence-corrected chi connectivity index (χ1v) is 12.1. The second-order valence-electron chi connectivity index (χ2n) is 11.0. The molecule has 200 valence electrons. The normalized spacial score (nSPS) is 26.9. The number of halogens is 3. The summed E-state index contributed by atoms with van der Waals surface area (Å²) in [5, 5.41) is 11.6. The van der Waals surface area contributed by atoms with Gasteiger partial charge in [-0.2, -0.15) is 0 Å². The number of rotatable bonds is 5. The van der Waals surface area contributed by atoms with Crippen LogP contribution in [0.1, 0.15) is 50.0 Å². The predicted molar refractivity (Wildman–Crippen MR) is 127 cm³/mol.